The second-order valence-electron chi connectivity index (χ2n) is 5.09. The van der Waals surface area contributed by atoms with Crippen molar-refractivity contribution in [1.29, 1.82) is 5.26 Å². The van der Waals surface area contributed by atoms with E-state index in [0.29, 0.717) is 17.3 Å². The van der Waals surface area contributed by atoms with Crippen LogP contribution in [-0.2, 0) is 0 Å². The van der Waals surface area contributed by atoms with Gasteiger partial charge in [0.25, 0.3) is 0 Å². The maximum Gasteiger partial charge on any atom is 0.166 e. The molecular weight excluding hydrogens is 266 g/mol. The van der Waals surface area contributed by atoms with Crippen LogP contribution < -0.4 is 10.2 Å². The van der Waals surface area contributed by atoms with Gasteiger partial charge in [-0.2, -0.15) is 15.5 Å². The van der Waals surface area contributed by atoms with Crippen LogP contribution >= 0.6 is 0 Å². The van der Waals surface area contributed by atoms with Crippen molar-refractivity contribution >= 4 is 11.6 Å². The Morgan fingerprint density at radius 2 is 2.14 bits per heavy atom. The molecule has 0 aliphatic carbocycles. The van der Waals surface area contributed by atoms with E-state index in [0.717, 1.165) is 31.1 Å². The maximum absolute atomic E-state index is 8.99. The second kappa shape index (κ2) is 5.71. The molecule has 7 nitrogen and oxygen atoms in total. The Kier molecular flexibility index (Phi) is 3.60. The molecule has 0 bridgehead atoms. The van der Waals surface area contributed by atoms with E-state index in [1.54, 1.807) is 6.07 Å². The first-order valence-electron chi connectivity index (χ1n) is 6.77. The second-order valence-corrected chi connectivity index (χ2v) is 5.09. The van der Waals surface area contributed by atoms with Crippen LogP contribution in [-0.4, -0.2) is 40.0 Å². The van der Waals surface area contributed by atoms with E-state index in [-0.39, 0.29) is 0 Å². The zero-order valence-corrected chi connectivity index (χ0v) is 11.7. The third kappa shape index (κ3) is 2.89. The molecule has 7 heteroatoms. The number of nitrogens with one attached hydrogen (secondary N) is 1. The van der Waals surface area contributed by atoms with Crippen LogP contribution in [0.5, 0.6) is 0 Å². The first kappa shape index (κ1) is 13.2. The number of aryl methyl sites for hydroxylation is 1. The molecule has 1 aliphatic rings. The molecule has 2 aromatic rings. The zero-order chi connectivity index (χ0) is 14.7. The highest BCUT2D eigenvalue weighted by Crippen LogP contribution is 2.22. The fourth-order valence-electron chi connectivity index (χ4n) is 2.24. The molecule has 1 N–H and O–H groups in total. The van der Waals surface area contributed by atoms with E-state index < -0.39 is 0 Å². The third-order valence-electron chi connectivity index (χ3n) is 3.46. The summed E-state index contributed by atoms with van der Waals surface area (Å²) in [6, 6.07) is 7.71. The first-order valence-corrected chi connectivity index (χ1v) is 6.77. The maximum atomic E-state index is 8.99. The fraction of sp³-hybridized carbons (Fsp3) is 0.357. The van der Waals surface area contributed by atoms with Crippen LogP contribution in [0.15, 0.2) is 24.4 Å². The van der Waals surface area contributed by atoms with E-state index >= 15 is 0 Å². The summed E-state index contributed by atoms with van der Waals surface area (Å²) >= 11 is 0. The highest BCUT2D eigenvalue weighted by Gasteiger charge is 2.27. The Morgan fingerprint density at radius 1 is 1.29 bits per heavy atom. The van der Waals surface area contributed by atoms with Gasteiger partial charge >= 0.3 is 0 Å². The number of anilines is 2. The third-order valence-corrected chi connectivity index (χ3v) is 3.46. The van der Waals surface area contributed by atoms with E-state index in [1.165, 1.54) is 6.20 Å². The van der Waals surface area contributed by atoms with E-state index in [1.807, 2.05) is 19.1 Å². The molecule has 21 heavy (non-hydrogen) atoms. The lowest BCUT2D eigenvalue weighted by Crippen LogP contribution is -2.50. The predicted molar refractivity (Wildman–Crippen MR) is 77.7 cm³/mol. The Hall–Kier alpha value is -2.75. The highest BCUT2D eigenvalue weighted by molar-refractivity contribution is 5.50. The van der Waals surface area contributed by atoms with Gasteiger partial charge in [0.1, 0.15) is 6.07 Å². The summed E-state index contributed by atoms with van der Waals surface area (Å²) < 4.78 is 0. The molecule has 106 valence electrons. The van der Waals surface area contributed by atoms with Crippen molar-refractivity contribution in [3.63, 3.8) is 0 Å². The molecule has 0 atom stereocenters. The molecule has 0 radical (unpaired) electrons. The minimum absolute atomic E-state index is 0.502. The van der Waals surface area contributed by atoms with Crippen LogP contribution in [0.4, 0.5) is 11.6 Å². The number of aromatic nitrogens is 4. The normalized spacial score (nSPS) is 14.4. The SMILES string of the molecule is Cc1ccc(N2CC(CNc3nnccc3C#N)C2)nn1. The lowest BCUT2D eigenvalue weighted by Gasteiger charge is -2.40. The highest BCUT2D eigenvalue weighted by atomic mass is 15.3. The van der Waals surface area contributed by atoms with Gasteiger partial charge in [-0.25, -0.2) is 0 Å². The summed E-state index contributed by atoms with van der Waals surface area (Å²) in [6.45, 7) is 4.54. The quantitative estimate of drug-likeness (QED) is 0.893. The molecule has 1 fully saturated rings. The van der Waals surface area contributed by atoms with Gasteiger partial charge in [-0.3, -0.25) is 0 Å². The first-order chi connectivity index (χ1) is 10.3. The molecule has 2 aromatic heterocycles. The topological polar surface area (TPSA) is 90.6 Å². The summed E-state index contributed by atoms with van der Waals surface area (Å²) in [7, 11) is 0. The minimum Gasteiger partial charge on any atom is -0.367 e. The van der Waals surface area contributed by atoms with E-state index in [4.69, 9.17) is 5.26 Å². The molecule has 0 aromatic carbocycles. The molecule has 3 heterocycles. The van der Waals surface area contributed by atoms with Crippen molar-refractivity contribution in [2.24, 2.45) is 5.92 Å². The van der Waals surface area contributed by atoms with Crippen LogP contribution in [0.1, 0.15) is 11.3 Å². The molecule has 1 aliphatic heterocycles. The Bertz CT molecular complexity index is 656. The zero-order valence-electron chi connectivity index (χ0n) is 11.7. The average Bonchev–Trinajstić information content (AvgIpc) is 2.48. The van der Waals surface area contributed by atoms with Crippen LogP contribution in [0, 0.1) is 24.2 Å². The number of nitrogens with zero attached hydrogens (tertiary/aromatic N) is 6. The smallest absolute Gasteiger partial charge is 0.166 e. The van der Waals surface area contributed by atoms with Crippen molar-refractivity contribution < 1.29 is 0 Å². The van der Waals surface area contributed by atoms with Crippen LogP contribution in [0.2, 0.25) is 0 Å². The molecule has 0 spiro atoms. The summed E-state index contributed by atoms with van der Waals surface area (Å²) in [5.41, 5.74) is 1.44. The molecule has 3 rings (SSSR count). The van der Waals surface area contributed by atoms with Crippen LogP contribution in [0.3, 0.4) is 0 Å². The molecule has 0 unspecified atom stereocenters. The van der Waals surface area contributed by atoms with Gasteiger partial charge < -0.3 is 10.2 Å². The van der Waals surface area contributed by atoms with E-state index in [9.17, 15) is 0 Å². The van der Waals surface area contributed by atoms with Gasteiger partial charge in [0.05, 0.1) is 17.5 Å². The largest absolute Gasteiger partial charge is 0.367 e. The molecule has 0 amide bonds. The Morgan fingerprint density at radius 3 is 2.86 bits per heavy atom. The molecule has 1 saturated heterocycles. The van der Waals surface area contributed by atoms with Gasteiger partial charge in [0, 0.05) is 25.6 Å². The summed E-state index contributed by atoms with van der Waals surface area (Å²) in [5.74, 6) is 1.96. The average molecular weight is 281 g/mol. The Balaban J connectivity index is 1.51. The van der Waals surface area contributed by atoms with Gasteiger partial charge in [-0.05, 0) is 25.1 Å². The van der Waals surface area contributed by atoms with Gasteiger partial charge in [0.15, 0.2) is 11.6 Å². The van der Waals surface area contributed by atoms with E-state index in [2.05, 4.69) is 36.7 Å². The standard InChI is InChI=1S/C14H15N7/c1-10-2-3-13(19-18-10)21-8-11(9-21)7-16-14-12(6-15)4-5-17-20-14/h2-5,11H,7-9H2,1H3,(H,16,20). The number of hydrogen-bond acceptors (Lipinski definition) is 7. The predicted octanol–water partition coefficient (Wildman–Crippen LogP) is 0.995. The van der Waals surface area contributed by atoms with Crippen molar-refractivity contribution in [1.82, 2.24) is 20.4 Å². The molecular formula is C14H15N7. The lowest BCUT2D eigenvalue weighted by molar-refractivity contribution is 0.425. The van der Waals surface area contributed by atoms with Gasteiger partial charge in [-0.15, -0.1) is 10.2 Å². The monoisotopic (exact) mass is 281 g/mol. The lowest BCUT2D eigenvalue weighted by atomic mass is 10.0. The van der Waals surface area contributed by atoms with Gasteiger partial charge in [-0.1, -0.05) is 0 Å². The minimum atomic E-state index is 0.502. The fourth-order valence-corrected chi connectivity index (χ4v) is 2.24. The van der Waals surface area contributed by atoms with Gasteiger partial charge in [0.2, 0.25) is 0 Å². The van der Waals surface area contributed by atoms with Crippen molar-refractivity contribution in [3.8, 4) is 6.07 Å². The van der Waals surface area contributed by atoms with Crippen molar-refractivity contribution in [3.05, 3.63) is 35.7 Å². The van der Waals surface area contributed by atoms with Crippen molar-refractivity contribution in [2.45, 2.75) is 6.92 Å². The number of nitriles is 1. The van der Waals surface area contributed by atoms with Crippen molar-refractivity contribution in [2.75, 3.05) is 29.9 Å². The summed E-state index contributed by atoms with van der Waals surface area (Å²) in [5, 5.41) is 28.1. The summed E-state index contributed by atoms with van der Waals surface area (Å²) in [6.07, 6.45) is 1.52. The summed E-state index contributed by atoms with van der Waals surface area (Å²) in [4.78, 5) is 2.18. The van der Waals surface area contributed by atoms with Crippen LogP contribution in [0.25, 0.3) is 0 Å². The number of rotatable bonds is 4. The number of hydrogen-bond donors (Lipinski definition) is 1. The Labute approximate surface area is 122 Å². The molecule has 0 saturated carbocycles.